The zero-order valence-electron chi connectivity index (χ0n) is 7.08. The van der Waals surface area contributed by atoms with Gasteiger partial charge in [0.15, 0.2) is 0 Å². The molecule has 2 nitrogen and oxygen atoms in total. The third kappa shape index (κ3) is 2.13. The van der Waals surface area contributed by atoms with Gasteiger partial charge in [0.2, 0.25) is 0 Å². The average Bonchev–Trinajstić information content (AvgIpc) is 2.66. The molecule has 2 aromatic rings. The number of hydrogen-bond donors (Lipinski definition) is 0. The molecule has 2 aromatic heterocycles. The van der Waals surface area contributed by atoms with E-state index in [1.807, 2.05) is 6.07 Å². The van der Waals surface area contributed by atoms with E-state index < -0.39 is 0 Å². The molecule has 5 heteroatoms. The van der Waals surface area contributed by atoms with Crippen LogP contribution in [0.3, 0.4) is 0 Å². The molecule has 0 atom stereocenters. The highest BCUT2D eigenvalue weighted by Crippen LogP contribution is 2.26. The van der Waals surface area contributed by atoms with Crippen LogP contribution in [0, 0.1) is 0 Å². The van der Waals surface area contributed by atoms with Gasteiger partial charge in [-0.15, -0.1) is 22.9 Å². The number of alkyl halides is 1. The SMILES string of the molecule is ClCc1cnc(-c2cncc(Br)c2)s1. The van der Waals surface area contributed by atoms with Crippen LogP contribution >= 0.6 is 38.9 Å². The molecule has 0 amide bonds. The van der Waals surface area contributed by atoms with Crippen molar-refractivity contribution in [2.24, 2.45) is 0 Å². The summed E-state index contributed by atoms with van der Waals surface area (Å²) in [4.78, 5) is 9.43. The Hall–Kier alpha value is -0.450. The molecular weight excluding hydrogens is 284 g/mol. The van der Waals surface area contributed by atoms with E-state index in [9.17, 15) is 0 Å². The number of halogens is 2. The molecule has 14 heavy (non-hydrogen) atoms. The van der Waals surface area contributed by atoms with Crippen LogP contribution < -0.4 is 0 Å². The van der Waals surface area contributed by atoms with Crippen molar-refractivity contribution < 1.29 is 0 Å². The first kappa shape index (κ1) is 10.1. The smallest absolute Gasteiger partial charge is 0.125 e. The van der Waals surface area contributed by atoms with Gasteiger partial charge in [0.05, 0.1) is 5.88 Å². The molecule has 0 radical (unpaired) electrons. The minimum absolute atomic E-state index is 0.513. The summed E-state index contributed by atoms with van der Waals surface area (Å²) in [5.41, 5.74) is 1.01. The number of hydrogen-bond acceptors (Lipinski definition) is 3. The molecule has 0 aromatic carbocycles. The highest BCUT2D eigenvalue weighted by molar-refractivity contribution is 9.10. The van der Waals surface area contributed by atoms with E-state index in [0.29, 0.717) is 5.88 Å². The Morgan fingerprint density at radius 1 is 1.36 bits per heavy atom. The van der Waals surface area contributed by atoms with Crippen LogP contribution in [0.25, 0.3) is 10.6 Å². The molecule has 0 saturated heterocycles. The van der Waals surface area contributed by atoms with E-state index in [2.05, 4.69) is 25.9 Å². The monoisotopic (exact) mass is 288 g/mol. The normalized spacial score (nSPS) is 10.4. The van der Waals surface area contributed by atoms with Gasteiger partial charge in [-0.3, -0.25) is 4.98 Å². The molecule has 72 valence electrons. The van der Waals surface area contributed by atoms with Crippen LogP contribution in [-0.4, -0.2) is 9.97 Å². The molecule has 0 fully saturated rings. The van der Waals surface area contributed by atoms with Gasteiger partial charge in [0.1, 0.15) is 5.01 Å². The summed E-state index contributed by atoms with van der Waals surface area (Å²) in [5, 5.41) is 0.953. The predicted octanol–water partition coefficient (Wildman–Crippen LogP) is 3.71. The van der Waals surface area contributed by atoms with E-state index in [4.69, 9.17) is 11.6 Å². The van der Waals surface area contributed by atoms with Crippen LogP contribution in [0.1, 0.15) is 4.88 Å². The third-order valence-corrected chi connectivity index (χ3v) is 3.56. The van der Waals surface area contributed by atoms with Gasteiger partial charge in [-0.05, 0) is 22.0 Å². The van der Waals surface area contributed by atoms with Crippen molar-refractivity contribution in [3.8, 4) is 10.6 Å². The second-order valence-corrected chi connectivity index (χ2v) is 4.96. The first-order valence-corrected chi connectivity index (χ1v) is 6.05. The van der Waals surface area contributed by atoms with Crippen LogP contribution in [0.5, 0.6) is 0 Å². The van der Waals surface area contributed by atoms with E-state index >= 15 is 0 Å². The Bertz CT molecular complexity index is 444. The molecule has 0 N–H and O–H groups in total. The average molecular weight is 290 g/mol. The largest absolute Gasteiger partial charge is 0.263 e. The Balaban J connectivity index is 2.39. The van der Waals surface area contributed by atoms with Gasteiger partial charge < -0.3 is 0 Å². The molecule has 0 aliphatic carbocycles. The summed E-state index contributed by atoms with van der Waals surface area (Å²) in [7, 11) is 0. The van der Waals surface area contributed by atoms with Crippen molar-refractivity contribution in [1.82, 2.24) is 9.97 Å². The van der Waals surface area contributed by atoms with Crippen LogP contribution in [0.2, 0.25) is 0 Å². The van der Waals surface area contributed by atoms with Crippen molar-refractivity contribution in [2.45, 2.75) is 5.88 Å². The van der Waals surface area contributed by atoms with E-state index in [0.717, 1.165) is 19.9 Å². The lowest BCUT2D eigenvalue weighted by Gasteiger charge is -1.94. The lowest BCUT2D eigenvalue weighted by Crippen LogP contribution is -1.77. The molecule has 2 heterocycles. The predicted molar refractivity (Wildman–Crippen MR) is 62.6 cm³/mol. The van der Waals surface area contributed by atoms with Gasteiger partial charge in [0, 0.05) is 33.5 Å². The summed E-state index contributed by atoms with van der Waals surface area (Å²) in [6.07, 6.45) is 5.34. The zero-order valence-corrected chi connectivity index (χ0v) is 10.2. The molecule has 0 unspecified atom stereocenters. The van der Waals surface area contributed by atoms with Crippen LogP contribution in [0.4, 0.5) is 0 Å². The Morgan fingerprint density at radius 3 is 2.86 bits per heavy atom. The van der Waals surface area contributed by atoms with Crippen molar-refractivity contribution >= 4 is 38.9 Å². The summed E-state index contributed by atoms with van der Waals surface area (Å²) in [6, 6.07) is 1.99. The maximum absolute atomic E-state index is 5.70. The lowest BCUT2D eigenvalue weighted by molar-refractivity contribution is 1.29. The fraction of sp³-hybridized carbons (Fsp3) is 0.111. The Morgan fingerprint density at radius 2 is 2.21 bits per heavy atom. The topological polar surface area (TPSA) is 25.8 Å². The minimum Gasteiger partial charge on any atom is -0.263 e. The molecule has 0 aliphatic rings. The highest BCUT2D eigenvalue weighted by Gasteiger charge is 2.04. The second kappa shape index (κ2) is 4.38. The van der Waals surface area contributed by atoms with Crippen molar-refractivity contribution in [3.05, 3.63) is 34.0 Å². The number of thiazole rings is 1. The molecule has 0 spiro atoms. The van der Waals surface area contributed by atoms with Crippen LogP contribution in [-0.2, 0) is 5.88 Å². The zero-order chi connectivity index (χ0) is 9.97. The van der Waals surface area contributed by atoms with Gasteiger partial charge in [-0.1, -0.05) is 0 Å². The fourth-order valence-electron chi connectivity index (χ4n) is 1.03. The maximum atomic E-state index is 5.70. The van der Waals surface area contributed by atoms with Crippen LogP contribution in [0.15, 0.2) is 29.1 Å². The minimum atomic E-state index is 0.513. The van der Waals surface area contributed by atoms with Crippen molar-refractivity contribution in [2.75, 3.05) is 0 Å². The van der Waals surface area contributed by atoms with Crippen molar-refractivity contribution in [3.63, 3.8) is 0 Å². The first-order valence-electron chi connectivity index (χ1n) is 3.91. The Labute approximate surface area is 99.1 Å². The van der Waals surface area contributed by atoms with E-state index in [1.165, 1.54) is 0 Å². The van der Waals surface area contributed by atoms with Gasteiger partial charge in [-0.25, -0.2) is 4.98 Å². The summed E-state index contributed by atoms with van der Waals surface area (Å²) in [6.45, 7) is 0. The van der Waals surface area contributed by atoms with E-state index in [1.54, 1.807) is 29.9 Å². The number of rotatable bonds is 2. The molecule has 0 saturated carbocycles. The second-order valence-electron chi connectivity index (χ2n) is 2.66. The Kier molecular flexibility index (Phi) is 3.15. The number of nitrogens with zero attached hydrogens (tertiary/aromatic N) is 2. The molecule has 2 rings (SSSR count). The third-order valence-electron chi connectivity index (χ3n) is 1.64. The summed E-state index contributed by atoms with van der Waals surface area (Å²) < 4.78 is 0.956. The highest BCUT2D eigenvalue weighted by atomic mass is 79.9. The number of pyridine rings is 1. The van der Waals surface area contributed by atoms with Gasteiger partial charge in [0.25, 0.3) is 0 Å². The molecular formula is C9H6BrClN2S. The van der Waals surface area contributed by atoms with Gasteiger partial charge in [-0.2, -0.15) is 0 Å². The maximum Gasteiger partial charge on any atom is 0.125 e. The summed E-state index contributed by atoms with van der Waals surface area (Å²) >= 11 is 10.7. The summed E-state index contributed by atoms with van der Waals surface area (Å²) in [5.74, 6) is 0.513. The first-order chi connectivity index (χ1) is 6.79. The van der Waals surface area contributed by atoms with Crippen molar-refractivity contribution in [1.29, 1.82) is 0 Å². The van der Waals surface area contributed by atoms with Gasteiger partial charge >= 0.3 is 0 Å². The quantitative estimate of drug-likeness (QED) is 0.788. The lowest BCUT2D eigenvalue weighted by atomic mass is 10.3. The molecule has 0 aliphatic heterocycles. The molecule has 0 bridgehead atoms. The fourth-order valence-corrected chi connectivity index (χ4v) is 2.37. The standard InChI is InChI=1S/C9H6BrClN2S/c10-7-1-6(3-12-4-7)9-13-5-8(2-11)14-9/h1,3-5H,2H2. The number of aromatic nitrogens is 2. The van der Waals surface area contributed by atoms with E-state index in [-0.39, 0.29) is 0 Å².